The molecule has 1 aromatic carbocycles. The molecule has 1 unspecified atom stereocenters. The molecule has 0 aliphatic rings. The molecule has 1 heterocycles. The third-order valence-corrected chi connectivity index (χ3v) is 3.58. The zero-order valence-corrected chi connectivity index (χ0v) is 12.7. The fourth-order valence-electron chi connectivity index (χ4n) is 2.46. The Bertz CT molecular complexity index is 563. The number of aryl methyl sites for hydroxylation is 1. The molecule has 0 bridgehead atoms. The minimum atomic E-state index is 0.207. The van der Waals surface area contributed by atoms with E-state index in [0.717, 1.165) is 35.7 Å². The summed E-state index contributed by atoms with van der Waals surface area (Å²) in [4.78, 5) is 4.47. The van der Waals surface area contributed by atoms with Gasteiger partial charge in [-0.25, -0.2) is 4.98 Å². The minimum absolute atomic E-state index is 0.207. The van der Waals surface area contributed by atoms with E-state index in [0.29, 0.717) is 0 Å². The second kappa shape index (κ2) is 6.57. The van der Waals surface area contributed by atoms with E-state index in [9.17, 15) is 0 Å². The van der Waals surface area contributed by atoms with Crippen molar-refractivity contribution in [3.05, 3.63) is 42.0 Å². The van der Waals surface area contributed by atoms with E-state index in [1.165, 1.54) is 0 Å². The van der Waals surface area contributed by atoms with Crippen LogP contribution in [0.4, 0.5) is 0 Å². The van der Waals surface area contributed by atoms with Crippen molar-refractivity contribution in [3.63, 3.8) is 0 Å². The molecule has 0 spiro atoms. The summed E-state index contributed by atoms with van der Waals surface area (Å²) in [5.74, 6) is 1.99. The largest absolute Gasteiger partial charge is 0.496 e. The average molecular weight is 273 g/mol. The quantitative estimate of drug-likeness (QED) is 0.879. The lowest BCUT2D eigenvalue weighted by Crippen LogP contribution is -2.16. The molecule has 20 heavy (non-hydrogen) atoms. The van der Waals surface area contributed by atoms with E-state index in [1.54, 1.807) is 7.11 Å². The molecule has 1 atom stereocenters. The van der Waals surface area contributed by atoms with Crippen LogP contribution in [-0.2, 0) is 6.42 Å². The number of aromatic nitrogens is 2. The fourth-order valence-corrected chi connectivity index (χ4v) is 2.46. The van der Waals surface area contributed by atoms with E-state index >= 15 is 0 Å². The maximum atomic E-state index is 5.53. The number of methoxy groups -OCH3 is 1. The molecule has 4 nitrogen and oxygen atoms in total. The number of ether oxygens (including phenoxy) is 1. The molecule has 2 aromatic rings. The highest BCUT2D eigenvalue weighted by atomic mass is 16.5. The van der Waals surface area contributed by atoms with Gasteiger partial charge in [-0.15, -0.1) is 0 Å². The molecule has 0 aliphatic carbocycles. The monoisotopic (exact) mass is 273 g/mol. The van der Waals surface area contributed by atoms with Crippen LogP contribution in [-0.4, -0.2) is 23.7 Å². The van der Waals surface area contributed by atoms with Crippen LogP contribution in [0.25, 0.3) is 5.69 Å². The molecular weight excluding hydrogens is 250 g/mol. The maximum Gasteiger partial charge on any atom is 0.125 e. The van der Waals surface area contributed by atoms with Crippen LogP contribution >= 0.6 is 0 Å². The lowest BCUT2D eigenvalue weighted by Gasteiger charge is -2.20. The number of benzene rings is 1. The summed E-state index contributed by atoms with van der Waals surface area (Å²) in [6.07, 6.45) is 5.93. The Balaban J connectivity index is 2.58. The third kappa shape index (κ3) is 2.70. The van der Waals surface area contributed by atoms with Gasteiger partial charge in [-0.1, -0.05) is 13.0 Å². The normalized spacial score (nSPS) is 12.4. The predicted octanol–water partition coefficient (Wildman–Crippen LogP) is 3.11. The van der Waals surface area contributed by atoms with E-state index in [-0.39, 0.29) is 6.04 Å². The smallest absolute Gasteiger partial charge is 0.125 e. The second-order valence-corrected chi connectivity index (χ2v) is 4.87. The fraction of sp³-hybridized carbons (Fsp3) is 0.438. The highest BCUT2D eigenvalue weighted by Crippen LogP contribution is 2.31. The van der Waals surface area contributed by atoms with Crippen molar-refractivity contribution in [2.24, 2.45) is 0 Å². The van der Waals surface area contributed by atoms with Crippen LogP contribution in [0.1, 0.15) is 37.7 Å². The lowest BCUT2D eigenvalue weighted by molar-refractivity contribution is 0.403. The van der Waals surface area contributed by atoms with Gasteiger partial charge in [0.25, 0.3) is 0 Å². The molecule has 0 amide bonds. The average Bonchev–Trinajstić information content (AvgIpc) is 2.94. The van der Waals surface area contributed by atoms with Crippen molar-refractivity contribution in [2.75, 3.05) is 14.2 Å². The van der Waals surface area contributed by atoms with Gasteiger partial charge in [0, 0.05) is 30.4 Å². The van der Waals surface area contributed by atoms with Crippen LogP contribution in [0.5, 0.6) is 5.75 Å². The highest BCUT2D eigenvalue weighted by Gasteiger charge is 2.17. The predicted molar refractivity (Wildman–Crippen MR) is 81.6 cm³/mol. The topological polar surface area (TPSA) is 39.1 Å². The van der Waals surface area contributed by atoms with Gasteiger partial charge >= 0.3 is 0 Å². The minimum Gasteiger partial charge on any atom is -0.496 e. The van der Waals surface area contributed by atoms with Crippen LogP contribution in [0.3, 0.4) is 0 Å². The molecule has 0 fully saturated rings. The standard InChI is InChI=1S/C16H23N3O/c1-5-7-15-18-10-11-19(15)13-8-6-9-14(20-4)16(13)12(2)17-3/h6,8-12,17H,5,7H2,1-4H3. The second-order valence-electron chi connectivity index (χ2n) is 4.87. The summed E-state index contributed by atoms with van der Waals surface area (Å²) in [6, 6.07) is 6.35. The van der Waals surface area contributed by atoms with Crippen LogP contribution in [0.2, 0.25) is 0 Å². The first kappa shape index (κ1) is 14.6. The zero-order valence-electron chi connectivity index (χ0n) is 12.7. The summed E-state index contributed by atoms with van der Waals surface area (Å²) in [6.45, 7) is 4.31. The maximum absolute atomic E-state index is 5.53. The van der Waals surface area contributed by atoms with Crippen molar-refractivity contribution in [1.82, 2.24) is 14.9 Å². The van der Waals surface area contributed by atoms with Gasteiger partial charge in [0.05, 0.1) is 12.8 Å². The Morgan fingerprint density at radius 1 is 1.40 bits per heavy atom. The number of nitrogens with zero attached hydrogens (tertiary/aromatic N) is 2. The van der Waals surface area contributed by atoms with Gasteiger partial charge in [0.15, 0.2) is 0 Å². The molecule has 0 aliphatic heterocycles. The van der Waals surface area contributed by atoms with Crippen LogP contribution in [0, 0.1) is 0 Å². The molecule has 0 saturated carbocycles. The molecule has 1 N–H and O–H groups in total. The first-order chi connectivity index (χ1) is 9.72. The van der Waals surface area contributed by atoms with Crippen LogP contribution in [0.15, 0.2) is 30.6 Å². The highest BCUT2D eigenvalue weighted by molar-refractivity contribution is 5.52. The van der Waals surface area contributed by atoms with Crippen molar-refractivity contribution < 1.29 is 4.74 Å². The van der Waals surface area contributed by atoms with Gasteiger partial charge < -0.3 is 14.6 Å². The molecule has 108 valence electrons. The number of imidazole rings is 1. The Hall–Kier alpha value is -1.81. The summed E-state index contributed by atoms with van der Waals surface area (Å²) in [7, 11) is 3.67. The Morgan fingerprint density at radius 2 is 2.20 bits per heavy atom. The zero-order chi connectivity index (χ0) is 14.5. The molecular formula is C16H23N3O. The molecule has 2 rings (SSSR count). The van der Waals surface area contributed by atoms with Gasteiger partial charge in [-0.2, -0.15) is 0 Å². The molecule has 0 radical (unpaired) electrons. The summed E-state index contributed by atoms with van der Waals surface area (Å²) in [5.41, 5.74) is 2.29. The Labute approximate surface area is 120 Å². The van der Waals surface area contributed by atoms with Crippen LogP contribution < -0.4 is 10.1 Å². The van der Waals surface area contributed by atoms with Crippen molar-refractivity contribution >= 4 is 0 Å². The van der Waals surface area contributed by atoms with Gasteiger partial charge in [-0.3, -0.25) is 0 Å². The Kier molecular flexibility index (Phi) is 4.79. The summed E-state index contributed by atoms with van der Waals surface area (Å²) < 4.78 is 7.70. The number of hydrogen-bond donors (Lipinski definition) is 1. The molecule has 4 heteroatoms. The lowest BCUT2D eigenvalue weighted by atomic mass is 10.0. The summed E-state index contributed by atoms with van der Waals surface area (Å²) >= 11 is 0. The van der Waals surface area contributed by atoms with Crippen molar-refractivity contribution in [1.29, 1.82) is 0 Å². The van der Waals surface area contributed by atoms with Gasteiger partial charge in [0.2, 0.25) is 0 Å². The molecule has 1 aromatic heterocycles. The van der Waals surface area contributed by atoms with Crippen molar-refractivity contribution in [2.45, 2.75) is 32.7 Å². The van der Waals surface area contributed by atoms with E-state index in [2.05, 4.69) is 34.8 Å². The van der Waals surface area contributed by atoms with Gasteiger partial charge in [0.1, 0.15) is 11.6 Å². The van der Waals surface area contributed by atoms with Gasteiger partial charge in [-0.05, 0) is 32.5 Å². The number of hydrogen-bond acceptors (Lipinski definition) is 3. The third-order valence-electron chi connectivity index (χ3n) is 3.58. The first-order valence-corrected chi connectivity index (χ1v) is 7.09. The number of nitrogens with one attached hydrogen (secondary N) is 1. The SMILES string of the molecule is CCCc1nccn1-c1cccc(OC)c1C(C)NC. The van der Waals surface area contributed by atoms with E-state index < -0.39 is 0 Å². The van der Waals surface area contributed by atoms with E-state index in [1.807, 2.05) is 31.6 Å². The Morgan fingerprint density at radius 3 is 2.85 bits per heavy atom. The first-order valence-electron chi connectivity index (χ1n) is 7.09. The molecule has 0 saturated heterocycles. The number of rotatable bonds is 6. The van der Waals surface area contributed by atoms with E-state index in [4.69, 9.17) is 4.74 Å². The van der Waals surface area contributed by atoms with Crippen molar-refractivity contribution in [3.8, 4) is 11.4 Å². The summed E-state index contributed by atoms with van der Waals surface area (Å²) in [5, 5.41) is 3.30.